The molecule has 3 heteroatoms. The number of carbonyl (C=O) groups is 1. The van der Waals surface area contributed by atoms with Crippen LogP contribution >= 0.6 is 0 Å². The number of carboxylic acids is 1. The maximum Gasteiger partial charge on any atom is 0.381 e. The van der Waals surface area contributed by atoms with Crippen LogP contribution < -0.4 is 5.32 Å². The molecule has 0 heterocycles. The number of hydrogen-bond donors (Lipinski definition) is 2. The Balaban J connectivity index is 3.27. The molecule has 0 radical (unpaired) electrons. The van der Waals surface area contributed by atoms with E-state index in [4.69, 9.17) is 5.11 Å². The maximum absolute atomic E-state index is 9.76. The maximum atomic E-state index is 9.76. The van der Waals surface area contributed by atoms with Gasteiger partial charge in [-0.2, -0.15) is 0 Å². The molecule has 0 aromatic heterocycles. The van der Waals surface area contributed by atoms with Crippen LogP contribution in [0.4, 0.5) is 0 Å². The van der Waals surface area contributed by atoms with E-state index < -0.39 is 5.97 Å². The topological polar surface area (TPSA) is 49.3 Å². The number of hydrogen-bond acceptors (Lipinski definition) is 2. The van der Waals surface area contributed by atoms with Crippen molar-refractivity contribution in [1.82, 2.24) is 5.32 Å². The summed E-state index contributed by atoms with van der Waals surface area (Å²) >= 11 is 0. The fourth-order valence-electron chi connectivity index (χ4n) is 0.307. The van der Waals surface area contributed by atoms with E-state index in [2.05, 4.69) is 11.2 Å². The van der Waals surface area contributed by atoms with Crippen molar-refractivity contribution in [3.8, 4) is 11.8 Å². The third kappa shape index (κ3) is 6.99. The van der Waals surface area contributed by atoms with Crippen LogP contribution in [0.3, 0.4) is 0 Å². The van der Waals surface area contributed by atoms with Gasteiger partial charge in [0.1, 0.15) is 0 Å². The summed E-state index contributed by atoms with van der Waals surface area (Å²) in [6.45, 7) is 3.19. The van der Waals surface area contributed by atoms with Crippen LogP contribution in [0.2, 0.25) is 0 Å². The molecule has 0 aromatic carbocycles. The fraction of sp³-hybridized carbons (Fsp3) is 0.500. The second kappa shape index (κ2) is 5.13. The normalized spacial score (nSPS) is 7.67. The Bertz CT molecular complexity index is 143. The molecule has 0 aliphatic carbocycles. The Morgan fingerprint density at radius 2 is 2.44 bits per heavy atom. The standard InChI is InChI=1S/C6H9NO2/c1-2-7-5-3-4-6(8)9/h7H,2,5H2,1H3,(H,8,9). The van der Waals surface area contributed by atoms with Gasteiger partial charge in [0, 0.05) is 5.92 Å². The summed E-state index contributed by atoms with van der Waals surface area (Å²) in [5.74, 6) is 3.33. The minimum absolute atomic E-state index is 0.447. The molecular weight excluding hydrogens is 118 g/mol. The van der Waals surface area contributed by atoms with E-state index in [0.29, 0.717) is 6.54 Å². The molecule has 0 aliphatic rings. The van der Waals surface area contributed by atoms with Gasteiger partial charge in [0.15, 0.2) is 0 Å². The summed E-state index contributed by atoms with van der Waals surface area (Å²) in [6, 6.07) is 0. The highest BCUT2D eigenvalue weighted by atomic mass is 16.4. The van der Waals surface area contributed by atoms with E-state index in [0.717, 1.165) is 6.54 Å². The average Bonchev–Trinajstić information content (AvgIpc) is 1.80. The molecule has 50 valence electrons. The zero-order valence-electron chi connectivity index (χ0n) is 5.27. The molecule has 2 N–H and O–H groups in total. The number of carboxylic acid groups (broad SMARTS) is 1. The van der Waals surface area contributed by atoms with E-state index in [1.807, 2.05) is 12.8 Å². The molecule has 0 fully saturated rings. The largest absolute Gasteiger partial charge is 0.472 e. The van der Waals surface area contributed by atoms with E-state index in [1.54, 1.807) is 0 Å². The van der Waals surface area contributed by atoms with Crippen molar-refractivity contribution in [3.05, 3.63) is 0 Å². The number of nitrogens with one attached hydrogen (secondary N) is 1. The lowest BCUT2D eigenvalue weighted by molar-refractivity contribution is -0.130. The zero-order valence-corrected chi connectivity index (χ0v) is 5.27. The van der Waals surface area contributed by atoms with E-state index in [9.17, 15) is 4.79 Å². The number of aliphatic carboxylic acids is 1. The van der Waals surface area contributed by atoms with E-state index >= 15 is 0 Å². The van der Waals surface area contributed by atoms with Gasteiger partial charge in [0.05, 0.1) is 6.54 Å². The zero-order chi connectivity index (χ0) is 7.11. The minimum Gasteiger partial charge on any atom is -0.472 e. The lowest BCUT2D eigenvalue weighted by atomic mass is 10.5. The van der Waals surface area contributed by atoms with Crippen molar-refractivity contribution in [2.24, 2.45) is 0 Å². The third-order valence-corrected chi connectivity index (χ3v) is 0.659. The van der Waals surface area contributed by atoms with Gasteiger partial charge in [-0.25, -0.2) is 4.79 Å². The molecule has 3 nitrogen and oxygen atoms in total. The third-order valence-electron chi connectivity index (χ3n) is 0.659. The van der Waals surface area contributed by atoms with Gasteiger partial charge in [0.25, 0.3) is 0 Å². The average molecular weight is 127 g/mol. The predicted octanol–water partition coefficient (Wildman–Crippen LogP) is -0.316. The highest BCUT2D eigenvalue weighted by Gasteiger charge is 1.80. The summed E-state index contributed by atoms with van der Waals surface area (Å²) in [7, 11) is 0. The van der Waals surface area contributed by atoms with Crippen LogP contribution in [-0.4, -0.2) is 24.2 Å². The van der Waals surface area contributed by atoms with Crippen LogP contribution in [-0.2, 0) is 4.79 Å². The smallest absolute Gasteiger partial charge is 0.381 e. The highest BCUT2D eigenvalue weighted by Crippen LogP contribution is 1.57. The van der Waals surface area contributed by atoms with Crippen molar-refractivity contribution < 1.29 is 9.90 Å². The molecular formula is C6H9NO2. The molecule has 0 saturated carbocycles. The van der Waals surface area contributed by atoms with Gasteiger partial charge in [-0.1, -0.05) is 12.8 Å². The molecule has 0 saturated heterocycles. The first-order chi connectivity index (χ1) is 4.27. The summed E-state index contributed by atoms with van der Waals surface area (Å²) in [5.41, 5.74) is 0. The molecule has 0 aromatic rings. The first kappa shape index (κ1) is 7.99. The van der Waals surface area contributed by atoms with Gasteiger partial charge in [-0.3, -0.25) is 0 Å². The summed E-state index contributed by atoms with van der Waals surface area (Å²) < 4.78 is 0. The Labute approximate surface area is 54.1 Å². The molecule has 0 bridgehead atoms. The SMILES string of the molecule is CCNCC#CC(=O)O. The van der Waals surface area contributed by atoms with Crippen molar-refractivity contribution in [2.75, 3.05) is 13.1 Å². The number of rotatable bonds is 2. The van der Waals surface area contributed by atoms with Gasteiger partial charge in [0.2, 0.25) is 0 Å². The predicted molar refractivity (Wildman–Crippen MR) is 34.0 cm³/mol. The second-order valence-electron chi connectivity index (χ2n) is 1.39. The first-order valence-electron chi connectivity index (χ1n) is 2.70. The van der Waals surface area contributed by atoms with Gasteiger partial charge < -0.3 is 10.4 Å². The van der Waals surface area contributed by atoms with Crippen LogP contribution in [0.25, 0.3) is 0 Å². The summed E-state index contributed by atoms with van der Waals surface area (Å²) in [6.07, 6.45) is 0. The van der Waals surface area contributed by atoms with Crippen LogP contribution in [0.1, 0.15) is 6.92 Å². The summed E-state index contributed by atoms with van der Waals surface area (Å²) in [4.78, 5) is 9.76. The van der Waals surface area contributed by atoms with Gasteiger partial charge >= 0.3 is 5.97 Å². The first-order valence-corrected chi connectivity index (χ1v) is 2.70. The van der Waals surface area contributed by atoms with Gasteiger partial charge in [-0.15, -0.1) is 0 Å². The lowest BCUT2D eigenvalue weighted by Crippen LogP contribution is -2.12. The monoisotopic (exact) mass is 127 g/mol. The van der Waals surface area contributed by atoms with E-state index in [-0.39, 0.29) is 0 Å². The van der Waals surface area contributed by atoms with Crippen LogP contribution in [0, 0.1) is 11.8 Å². The van der Waals surface area contributed by atoms with Crippen LogP contribution in [0.15, 0.2) is 0 Å². The Kier molecular flexibility index (Phi) is 4.56. The van der Waals surface area contributed by atoms with Crippen molar-refractivity contribution in [3.63, 3.8) is 0 Å². The molecule has 0 unspecified atom stereocenters. The molecule has 0 aliphatic heterocycles. The highest BCUT2D eigenvalue weighted by molar-refractivity contribution is 5.86. The Hall–Kier alpha value is -1.01. The quantitative estimate of drug-likeness (QED) is 0.395. The van der Waals surface area contributed by atoms with Crippen LogP contribution in [0.5, 0.6) is 0 Å². The fourth-order valence-corrected chi connectivity index (χ4v) is 0.307. The summed E-state index contributed by atoms with van der Waals surface area (Å²) in [5, 5.41) is 10.9. The van der Waals surface area contributed by atoms with Crippen molar-refractivity contribution in [2.45, 2.75) is 6.92 Å². The molecule has 0 amide bonds. The molecule has 0 rings (SSSR count). The molecule has 9 heavy (non-hydrogen) atoms. The van der Waals surface area contributed by atoms with Crippen molar-refractivity contribution in [1.29, 1.82) is 0 Å². The van der Waals surface area contributed by atoms with Crippen molar-refractivity contribution >= 4 is 5.97 Å². The van der Waals surface area contributed by atoms with E-state index in [1.165, 1.54) is 0 Å². The molecule has 0 spiro atoms. The van der Waals surface area contributed by atoms with Gasteiger partial charge in [-0.05, 0) is 6.54 Å². The minimum atomic E-state index is -1.08. The molecule has 0 atom stereocenters. The Morgan fingerprint density at radius 3 is 2.89 bits per heavy atom. The lowest BCUT2D eigenvalue weighted by Gasteiger charge is -1.87. The second-order valence-corrected chi connectivity index (χ2v) is 1.39. The Morgan fingerprint density at radius 1 is 1.78 bits per heavy atom.